The number of aromatic carboxylic acids is 1. The van der Waals surface area contributed by atoms with Gasteiger partial charge in [-0.05, 0) is 12.3 Å². The van der Waals surface area contributed by atoms with Crippen LogP contribution in [-0.4, -0.2) is 39.8 Å². The number of rotatable bonds is 5. The van der Waals surface area contributed by atoms with Crippen LogP contribution in [0, 0.1) is 5.92 Å². The largest absolute Gasteiger partial charge is 0.476 e. The second-order valence-electron chi connectivity index (χ2n) is 4.16. The molecule has 0 aliphatic heterocycles. The number of carboxylic acid groups (broad SMARTS) is 1. The van der Waals surface area contributed by atoms with Gasteiger partial charge in [-0.15, -0.1) is 5.10 Å². The van der Waals surface area contributed by atoms with Crippen molar-refractivity contribution in [3.05, 3.63) is 11.4 Å². The van der Waals surface area contributed by atoms with E-state index in [2.05, 4.69) is 17.2 Å². The van der Waals surface area contributed by atoms with Gasteiger partial charge in [0.1, 0.15) is 0 Å². The number of methoxy groups -OCH3 is 1. The van der Waals surface area contributed by atoms with Crippen LogP contribution in [0.4, 0.5) is 0 Å². The third-order valence-corrected chi connectivity index (χ3v) is 2.92. The topological polar surface area (TPSA) is 77.2 Å². The molecule has 1 aromatic rings. The summed E-state index contributed by atoms with van der Waals surface area (Å²) in [6.07, 6.45) is 1.58. The summed E-state index contributed by atoms with van der Waals surface area (Å²) < 4.78 is 6.71. The highest BCUT2D eigenvalue weighted by atomic mass is 16.5. The standard InChI is InChI=1S/C10H15N3O3/c1-6-5-8(6)13-7(3-4-16-2)9(10(14)15)11-12-13/h6,8H,3-5H2,1-2H3,(H,14,15). The van der Waals surface area contributed by atoms with Gasteiger partial charge in [0.25, 0.3) is 0 Å². The lowest BCUT2D eigenvalue weighted by Gasteiger charge is -2.05. The van der Waals surface area contributed by atoms with Gasteiger partial charge in [-0.1, -0.05) is 12.1 Å². The minimum Gasteiger partial charge on any atom is -0.476 e. The van der Waals surface area contributed by atoms with E-state index in [9.17, 15) is 4.79 Å². The Labute approximate surface area is 93.2 Å². The Morgan fingerprint density at radius 2 is 2.38 bits per heavy atom. The first-order chi connectivity index (χ1) is 7.65. The van der Waals surface area contributed by atoms with Crippen LogP contribution in [0.15, 0.2) is 0 Å². The molecule has 2 atom stereocenters. The van der Waals surface area contributed by atoms with Crippen LogP contribution < -0.4 is 0 Å². The van der Waals surface area contributed by atoms with Crippen molar-refractivity contribution in [2.75, 3.05) is 13.7 Å². The zero-order valence-corrected chi connectivity index (χ0v) is 9.38. The van der Waals surface area contributed by atoms with E-state index in [-0.39, 0.29) is 5.69 Å². The van der Waals surface area contributed by atoms with Crippen LogP contribution in [0.1, 0.15) is 35.6 Å². The van der Waals surface area contributed by atoms with Gasteiger partial charge in [0, 0.05) is 13.5 Å². The maximum Gasteiger partial charge on any atom is 0.358 e. The van der Waals surface area contributed by atoms with Crippen LogP contribution in [0.3, 0.4) is 0 Å². The molecule has 1 saturated carbocycles. The molecule has 1 aliphatic rings. The van der Waals surface area contributed by atoms with Crippen molar-refractivity contribution >= 4 is 5.97 Å². The fraction of sp³-hybridized carbons (Fsp3) is 0.700. The lowest BCUT2D eigenvalue weighted by atomic mass is 10.2. The molecule has 2 rings (SSSR count). The lowest BCUT2D eigenvalue weighted by Crippen LogP contribution is -2.10. The van der Waals surface area contributed by atoms with Crippen LogP contribution in [0.5, 0.6) is 0 Å². The van der Waals surface area contributed by atoms with E-state index >= 15 is 0 Å². The Balaban J connectivity index is 2.26. The molecule has 0 amide bonds. The van der Waals surface area contributed by atoms with Gasteiger partial charge in [-0.2, -0.15) is 0 Å². The van der Waals surface area contributed by atoms with E-state index in [1.165, 1.54) is 0 Å². The molecular formula is C10H15N3O3. The predicted octanol–water partition coefficient (Wildman–Crippen LogP) is 0.746. The number of carboxylic acids is 1. The summed E-state index contributed by atoms with van der Waals surface area (Å²) in [6, 6.07) is 0.312. The second-order valence-corrected chi connectivity index (χ2v) is 4.16. The monoisotopic (exact) mass is 225 g/mol. The normalized spacial score (nSPS) is 23.4. The van der Waals surface area contributed by atoms with Gasteiger partial charge in [0.15, 0.2) is 5.69 Å². The molecule has 2 unspecified atom stereocenters. The molecule has 16 heavy (non-hydrogen) atoms. The van der Waals surface area contributed by atoms with Crippen molar-refractivity contribution in [2.24, 2.45) is 5.92 Å². The van der Waals surface area contributed by atoms with E-state index in [1.54, 1.807) is 11.8 Å². The van der Waals surface area contributed by atoms with E-state index in [1.807, 2.05) is 0 Å². The lowest BCUT2D eigenvalue weighted by molar-refractivity contribution is 0.0688. The number of aromatic nitrogens is 3. The number of nitrogens with zero attached hydrogens (tertiary/aromatic N) is 3. The molecule has 0 spiro atoms. The zero-order valence-electron chi connectivity index (χ0n) is 9.38. The summed E-state index contributed by atoms with van der Waals surface area (Å²) in [4.78, 5) is 11.0. The summed E-state index contributed by atoms with van der Waals surface area (Å²) in [7, 11) is 1.59. The van der Waals surface area contributed by atoms with Crippen molar-refractivity contribution in [3.63, 3.8) is 0 Å². The van der Waals surface area contributed by atoms with Gasteiger partial charge in [-0.3, -0.25) is 0 Å². The average molecular weight is 225 g/mol. The van der Waals surface area contributed by atoms with Gasteiger partial charge in [-0.25, -0.2) is 9.48 Å². The van der Waals surface area contributed by atoms with Crippen LogP contribution in [0.25, 0.3) is 0 Å². The summed E-state index contributed by atoms with van der Waals surface area (Å²) >= 11 is 0. The van der Waals surface area contributed by atoms with Gasteiger partial charge < -0.3 is 9.84 Å². The van der Waals surface area contributed by atoms with E-state index in [4.69, 9.17) is 9.84 Å². The number of ether oxygens (including phenoxy) is 1. The number of hydrogen-bond acceptors (Lipinski definition) is 4. The third-order valence-electron chi connectivity index (χ3n) is 2.92. The molecule has 0 radical (unpaired) electrons. The Morgan fingerprint density at radius 3 is 2.88 bits per heavy atom. The quantitative estimate of drug-likeness (QED) is 0.800. The maximum atomic E-state index is 11.0. The Morgan fingerprint density at radius 1 is 1.69 bits per heavy atom. The maximum absolute atomic E-state index is 11.0. The molecule has 1 aliphatic carbocycles. The first kappa shape index (κ1) is 11.1. The first-order valence-corrected chi connectivity index (χ1v) is 5.31. The molecule has 88 valence electrons. The molecule has 6 heteroatoms. The summed E-state index contributed by atoms with van der Waals surface area (Å²) in [5.74, 6) is -0.463. The number of hydrogen-bond donors (Lipinski definition) is 1. The minimum atomic E-state index is -1.02. The second kappa shape index (κ2) is 4.21. The molecule has 1 fully saturated rings. The van der Waals surface area contributed by atoms with Crippen molar-refractivity contribution in [3.8, 4) is 0 Å². The van der Waals surface area contributed by atoms with Gasteiger partial charge in [0.2, 0.25) is 0 Å². The molecule has 1 aromatic heterocycles. The predicted molar refractivity (Wildman–Crippen MR) is 55.4 cm³/mol. The van der Waals surface area contributed by atoms with Gasteiger partial charge >= 0.3 is 5.97 Å². The fourth-order valence-electron chi connectivity index (χ4n) is 1.82. The highest BCUT2D eigenvalue weighted by molar-refractivity contribution is 5.86. The van der Waals surface area contributed by atoms with Gasteiger partial charge in [0.05, 0.1) is 18.3 Å². The summed E-state index contributed by atoms with van der Waals surface area (Å²) in [5.41, 5.74) is 0.722. The molecule has 0 bridgehead atoms. The zero-order chi connectivity index (χ0) is 11.7. The molecule has 1 heterocycles. The van der Waals surface area contributed by atoms with E-state index in [0.29, 0.717) is 30.7 Å². The highest BCUT2D eigenvalue weighted by Crippen LogP contribution is 2.42. The molecular weight excluding hydrogens is 210 g/mol. The van der Waals surface area contributed by atoms with Crippen LogP contribution in [-0.2, 0) is 11.2 Å². The SMILES string of the molecule is COCCc1c(C(=O)O)nnn1C1CC1C. The van der Waals surface area contributed by atoms with Crippen LogP contribution >= 0.6 is 0 Å². The number of carbonyl (C=O) groups is 1. The van der Waals surface area contributed by atoms with E-state index < -0.39 is 5.97 Å². The first-order valence-electron chi connectivity index (χ1n) is 5.31. The van der Waals surface area contributed by atoms with Crippen molar-refractivity contribution in [2.45, 2.75) is 25.8 Å². The molecule has 0 saturated heterocycles. The van der Waals surface area contributed by atoms with Crippen molar-refractivity contribution < 1.29 is 14.6 Å². The Bertz CT molecular complexity index is 402. The van der Waals surface area contributed by atoms with E-state index in [0.717, 1.165) is 6.42 Å². The van der Waals surface area contributed by atoms with Crippen molar-refractivity contribution in [1.82, 2.24) is 15.0 Å². The minimum absolute atomic E-state index is 0.0520. The van der Waals surface area contributed by atoms with Crippen molar-refractivity contribution in [1.29, 1.82) is 0 Å². The van der Waals surface area contributed by atoms with Crippen LogP contribution in [0.2, 0.25) is 0 Å². The molecule has 6 nitrogen and oxygen atoms in total. The molecule has 0 aromatic carbocycles. The summed E-state index contributed by atoms with van der Waals surface area (Å²) in [6.45, 7) is 2.60. The summed E-state index contributed by atoms with van der Waals surface area (Å²) in [5, 5.41) is 16.6. The fourth-order valence-corrected chi connectivity index (χ4v) is 1.82. The Kier molecular flexibility index (Phi) is 2.91. The highest BCUT2D eigenvalue weighted by Gasteiger charge is 2.38. The molecule has 1 N–H and O–H groups in total. The third kappa shape index (κ3) is 1.92. The Hall–Kier alpha value is -1.43. The smallest absolute Gasteiger partial charge is 0.358 e. The average Bonchev–Trinajstić information content (AvgIpc) is 2.80.